The minimum absolute atomic E-state index is 0.472. The number of hydrogen-bond acceptors (Lipinski definition) is 3. The first kappa shape index (κ1) is 11.7. The van der Waals surface area contributed by atoms with Crippen molar-refractivity contribution in [3.05, 3.63) is 29.8 Å². The summed E-state index contributed by atoms with van der Waals surface area (Å²) in [5.41, 5.74) is 1.38. The molecule has 1 saturated carbocycles. The summed E-state index contributed by atoms with van der Waals surface area (Å²) in [4.78, 5) is 2.62. The lowest BCUT2D eigenvalue weighted by atomic mass is 10.0. The molecule has 4 rings (SSSR count). The lowest BCUT2D eigenvalue weighted by Crippen LogP contribution is -2.47. The van der Waals surface area contributed by atoms with Gasteiger partial charge < -0.3 is 10.1 Å². The van der Waals surface area contributed by atoms with Crippen LogP contribution in [0.2, 0.25) is 0 Å². The predicted octanol–water partition coefficient (Wildman–Crippen LogP) is 2.34. The van der Waals surface area contributed by atoms with Crippen molar-refractivity contribution in [2.24, 2.45) is 0 Å². The van der Waals surface area contributed by atoms with Gasteiger partial charge in [-0.25, -0.2) is 0 Å². The Morgan fingerprint density at radius 1 is 1.11 bits per heavy atom. The second-order valence-corrected chi connectivity index (χ2v) is 6.14. The second kappa shape index (κ2) is 4.80. The van der Waals surface area contributed by atoms with Crippen molar-refractivity contribution >= 4 is 0 Å². The van der Waals surface area contributed by atoms with Crippen LogP contribution in [0.3, 0.4) is 0 Å². The number of nitrogens with one attached hydrogen (secondary N) is 1. The average Bonchev–Trinajstić information content (AvgIpc) is 3.16. The zero-order valence-corrected chi connectivity index (χ0v) is 11.3. The molecule has 1 N–H and O–H groups in total. The highest BCUT2D eigenvalue weighted by molar-refractivity contribution is 5.39. The molecule has 2 atom stereocenters. The van der Waals surface area contributed by atoms with E-state index in [-0.39, 0.29) is 0 Å². The lowest BCUT2D eigenvalue weighted by Gasteiger charge is -2.36. The van der Waals surface area contributed by atoms with Crippen molar-refractivity contribution in [2.75, 3.05) is 19.7 Å². The number of likely N-dealkylation sites (tertiary alicyclic amines) is 1. The Morgan fingerprint density at radius 2 is 2.00 bits per heavy atom. The van der Waals surface area contributed by atoms with E-state index >= 15 is 0 Å². The van der Waals surface area contributed by atoms with Gasteiger partial charge in [-0.2, -0.15) is 0 Å². The minimum atomic E-state index is 0.472. The molecule has 3 aliphatic rings. The molecule has 1 aromatic carbocycles. The average molecular weight is 258 g/mol. The predicted molar refractivity (Wildman–Crippen MR) is 75.4 cm³/mol. The van der Waals surface area contributed by atoms with Gasteiger partial charge in [0.25, 0.3) is 0 Å². The van der Waals surface area contributed by atoms with E-state index in [2.05, 4.69) is 34.5 Å². The number of nitrogens with zero attached hydrogens (tertiary/aromatic N) is 1. The van der Waals surface area contributed by atoms with Crippen LogP contribution in [0.4, 0.5) is 0 Å². The number of hydrogen-bond donors (Lipinski definition) is 1. The molecule has 1 aliphatic carbocycles. The number of fused-ring (bicyclic) bond motifs is 1. The summed E-state index contributed by atoms with van der Waals surface area (Å²) < 4.78 is 5.83. The first-order valence-corrected chi connectivity index (χ1v) is 7.62. The third kappa shape index (κ3) is 2.37. The lowest BCUT2D eigenvalue weighted by molar-refractivity contribution is 0.117. The van der Waals surface area contributed by atoms with E-state index in [1.807, 2.05) is 0 Å². The molecule has 2 heterocycles. The van der Waals surface area contributed by atoms with Crippen molar-refractivity contribution < 1.29 is 4.74 Å². The molecule has 0 bridgehead atoms. The van der Waals surface area contributed by atoms with Gasteiger partial charge in [-0.3, -0.25) is 4.90 Å². The van der Waals surface area contributed by atoms with E-state index < -0.39 is 0 Å². The van der Waals surface area contributed by atoms with Crippen LogP contribution in [0.5, 0.6) is 5.75 Å². The minimum Gasteiger partial charge on any atom is -0.491 e. The van der Waals surface area contributed by atoms with Crippen LogP contribution in [-0.4, -0.2) is 36.7 Å². The van der Waals surface area contributed by atoms with Crippen molar-refractivity contribution in [1.82, 2.24) is 10.2 Å². The summed E-state index contributed by atoms with van der Waals surface area (Å²) in [7, 11) is 0. The zero-order chi connectivity index (χ0) is 12.7. The molecule has 1 saturated heterocycles. The van der Waals surface area contributed by atoms with E-state index in [4.69, 9.17) is 4.74 Å². The third-order valence-electron chi connectivity index (χ3n) is 4.62. The van der Waals surface area contributed by atoms with Crippen LogP contribution in [0.1, 0.15) is 37.3 Å². The van der Waals surface area contributed by atoms with Gasteiger partial charge in [0.15, 0.2) is 0 Å². The maximum atomic E-state index is 5.83. The topological polar surface area (TPSA) is 24.5 Å². The molecule has 2 unspecified atom stereocenters. The maximum Gasteiger partial charge on any atom is 0.124 e. The molecule has 3 heteroatoms. The van der Waals surface area contributed by atoms with Crippen molar-refractivity contribution in [2.45, 2.75) is 43.8 Å². The summed E-state index contributed by atoms with van der Waals surface area (Å²) in [5.74, 6) is 1.09. The van der Waals surface area contributed by atoms with Gasteiger partial charge in [-0.1, -0.05) is 18.2 Å². The highest BCUT2D eigenvalue weighted by atomic mass is 16.5. The molecule has 3 nitrogen and oxygen atoms in total. The number of para-hydroxylation sites is 1. The van der Waals surface area contributed by atoms with Crippen LogP contribution in [0.15, 0.2) is 24.3 Å². The fourth-order valence-corrected chi connectivity index (χ4v) is 3.46. The Morgan fingerprint density at radius 3 is 2.89 bits per heavy atom. The molecule has 102 valence electrons. The Hall–Kier alpha value is -1.06. The molecule has 2 fully saturated rings. The Labute approximate surface area is 114 Å². The normalized spacial score (nSPS) is 30.9. The van der Waals surface area contributed by atoms with E-state index in [1.165, 1.54) is 44.3 Å². The summed E-state index contributed by atoms with van der Waals surface area (Å²) in [6.45, 7) is 3.22. The molecular weight excluding hydrogens is 236 g/mol. The van der Waals surface area contributed by atoms with E-state index in [0.29, 0.717) is 12.1 Å². The standard InChI is InChI=1S/C16H22N2O/c1-2-6-16-14(5-1)15(11-19-16)18-9-3-4-13(10-18)17-12-7-8-12/h1-2,5-6,12-13,15,17H,3-4,7-11H2. The SMILES string of the molecule is c1ccc2c(c1)OCC2N1CCCC(NC2CC2)C1. The fourth-order valence-electron chi connectivity index (χ4n) is 3.46. The molecule has 2 aliphatic heterocycles. The van der Waals surface area contributed by atoms with Crippen LogP contribution < -0.4 is 10.1 Å². The highest BCUT2D eigenvalue weighted by Gasteiger charge is 2.34. The summed E-state index contributed by atoms with van der Waals surface area (Å²) in [5, 5.41) is 3.79. The molecule has 0 radical (unpaired) electrons. The largest absolute Gasteiger partial charge is 0.491 e. The number of ether oxygens (including phenoxy) is 1. The molecule has 19 heavy (non-hydrogen) atoms. The third-order valence-corrected chi connectivity index (χ3v) is 4.62. The molecular formula is C16H22N2O. The fraction of sp³-hybridized carbons (Fsp3) is 0.625. The van der Waals surface area contributed by atoms with Gasteiger partial charge in [0.05, 0.1) is 6.04 Å². The summed E-state index contributed by atoms with van der Waals surface area (Å²) in [6.07, 6.45) is 5.41. The Bertz CT molecular complexity index is 458. The van der Waals surface area contributed by atoms with Crippen LogP contribution in [-0.2, 0) is 0 Å². The van der Waals surface area contributed by atoms with Gasteiger partial charge in [0.1, 0.15) is 12.4 Å². The van der Waals surface area contributed by atoms with Gasteiger partial charge >= 0.3 is 0 Å². The Balaban J connectivity index is 1.47. The summed E-state index contributed by atoms with van der Waals surface area (Å²) in [6, 6.07) is 10.5. The first-order chi connectivity index (χ1) is 9.40. The van der Waals surface area contributed by atoms with E-state index in [1.54, 1.807) is 0 Å². The number of benzene rings is 1. The van der Waals surface area contributed by atoms with E-state index in [9.17, 15) is 0 Å². The quantitative estimate of drug-likeness (QED) is 0.900. The highest BCUT2D eigenvalue weighted by Crippen LogP contribution is 2.37. The van der Waals surface area contributed by atoms with Crippen molar-refractivity contribution in [3.63, 3.8) is 0 Å². The smallest absolute Gasteiger partial charge is 0.124 e. The van der Waals surface area contributed by atoms with Crippen LogP contribution >= 0.6 is 0 Å². The van der Waals surface area contributed by atoms with Crippen LogP contribution in [0.25, 0.3) is 0 Å². The first-order valence-electron chi connectivity index (χ1n) is 7.62. The van der Waals surface area contributed by atoms with Gasteiger partial charge in [0, 0.05) is 24.2 Å². The van der Waals surface area contributed by atoms with Crippen LogP contribution in [0, 0.1) is 0 Å². The molecule has 0 aromatic heterocycles. The number of rotatable bonds is 3. The zero-order valence-electron chi connectivity index (χ0n) is 11.3. The second-order valence-electron chi connectivity index (χ2n) is 6.14. The number of piperidine rings is 1. The van der Waals surface area contributed by atoms with Gasteiger partial charge in [-0.15, -0.1) is 0 Å². The summed E-state index contributed by atoms with van der Waals surface area (Å²) >= 11 is 0. The molecule has 0 amide bonds. The van der Waals surface area contributed by atoms with Gasteiger partial charge in [-0.05, 0) is 38.3 Å². The van der Waals surface area contributed by atoms with Gasteiger partial charge in [0.2, 0.25) is 0 Å². The maximum absolute atomic E-state index is 5.83. The van der Waals surface area contributed by atoms with E-state index in [0.717, 1.165) is 18.4 Å². The van der Waals surface area contributed by atoms with Crippen molar-refractivity contribution in [1.29, 1.82) is 0 Å². The Kier molecular flexibility index (Phi) is 2.97. The molecule has 1 aromatic rings. The monoisotopic (exact) mass is 258 g/mol. The molecule has 0 spiro atoms. The van der Waals surface area contributed by atoms with Crippen molar-refractivity contribution in [3.8, 4) is 5.75 Å².